The highest BCUT2D eigenvalue weighted by atomic mass is 16.5. The number of nitrogens with one attached hydrogen (secondary N) is 1. The van der Waals surface area contributed by atoms with Crippen molar-refractivity contribution in [1.82, 2.24) is 5.32 Å². The van der Waals surface area contributed by atoms with Crippen LogP contribution in [-0.2, 0) is 11.3 Å². The highest BCUT2D eigenvalue weighted by Gasteiger charge is 1.99. The predicted octanol–water partition coefficient (Wildman–Crippen LogP) is 3.80. The smallest absolute Gasteiger partial charge is 0.244 e. The Morgan fingerprint density at radius 3 is 2.64 bits per heavy atom. The molecule has 0 aliphatic heterocycles. The van der Waals surface area contributed by atoms with Gasteiger partial charge in [-0.15, -0.1) is 0 Å². The van der Waals surface area contributed by atoms with Gasteiger partial charge in [0.05, 0.1) is 6.10 Å². The minimum Gasteiger partial charge on any atom is -0.491 e. The zero-order valence-corrected chi connectivity index (χ0v) is 13.0. The van der Waals surface area contributed by atoms with Crippen LogP contribution in [0.15, 0.2) is 60.7 Å². The van der Waals surface area contributed by atoms with Crippen LogP contribution in [0.2, 0.25) is 0 Å². The summed E-state index contributed by atoms with van der Waals surface area (Å²) in [5.74, 6) is 0.695. The fraction of sp³-hybridized carbons (Fsp3) is 0.211. The molecule has 0 spiro atoms. The van der Waals surface area contributed by atoms with Gasteiger partial charge in [-0.25, -0.2) is 0 Å². The summed E-state index contributed by atoms with van der Waals surface area (Å²) in [6.07, 6.45) is 3.46. The van der Waals surface area contributed by atoms with Crippen molar-refractivity contribution in [3.63, 3.8) is 0 Å². The van der Waals surface area contributed by atoms with Gasteiger partial charge >= 0.3 is 0 Å². The largest absolute Gasteiger partial charge is 0.491 e. The van der Waals surface area contributed by atoms with E-state index in [-0.39, 0.29) is 12.0 Å². The second kappa shape index (κ2) is 8.03. The van der Waals surface area contributed by atoms with Gasteiger partial charge in [-0.2, -0.15) is 0 Å². The van der Waals surface area contributed by atoms with Crippen molar-refractivity contribution in [3.8, 4) is 5.75 Å². The van der Waals surface area contributed by atoms with Gasteiger partial charge in [0.1, 0.15) is 5.75 Å². The quantitative estimate of drug-likeness (QED) is 0.823. The van der Waals surface area contributed by atoms with Crippen LogP contribution in [0.3, 0.4) is 0 Å². The van der Waals surface area contributed by atoms with E-state index in [0.717, 1.165) is 16.9 Å². The van der Waals surface area contributed by atoms with E-state index in [1.807, 2.05) is 68.4 Å². The van der Waals surface area contributed by atoms with Crippen LogP contribution >= 0.6 is 0 Å². The van der Waals surface area contributed by atoms with Crippen molar-refractivity contribution in [1.29, 1.82) is 0 Å². The van der Waals surface area contributed by atoms with Crippen molar-refractivity contribution >= 4 is 12.0 Å². The summed E-state index contributed by atoms with van der Waals surface area (Å²) in [5.41, 5.74) is 2.02. The van der Waals surface area contributed by atoms with Gasteiger partial charge in [-0.3, -0.25) is 4.79 Å². The van der Waals surface area contributed by atoms with Gasteiger partial charge in [-0.1, -0.05) is 42.5 Å². The average molecular weight is 295 g/mol. The average Bonchev–Trinajstić information content (AvgIpc) is 2.52. The Bertz CT molecular complexity index is 633. The van der Waals surface area contributed by atoms with Gasteiger partial charge in [0.15, 0.2) is 0 Å². The summed E-state index contributed by atoms with van der Waals surface area (Å²) in [6.45, 7) is 4.50. The van der Waals surface area contributed by atoms with Crippen LogP contribution in [0.25, 0.3) is 6.08 Å². The maximum absolute atomic E-state index is 11.8. The third-order valence-corrected chi connectivity index (χ3v) is 2.97. The van der Waals surface area contributed by atoms with E-state index >= 15 is 0 Å². The van der Waals surface area contributed by atoms with E-state index in [4.69, 9.17) is 4.74 Å². The predicted molar refractivity (Wildman–Crippen MR) is 89.5 cm³/mol. The lowest BCUT2D eigenvalue weighted by atomic mass is 10.2. The van der Waals surface area contributed by atoms with Crippen molar-refractivity contribution in [3.05, 3.63) is 71.8 Å². The fourth-order valence-electron chi connectivity index (χ4n) is 1.98. The molecule has 0 saturated carbocycles. The molecule has 0 unspecified atom stereocenters. The summed E-state index contributed by atoms with van der Waals surface area (Å²) < 4.78 is 5.63. The molecule has 114 valence electrons. The molecule has 0 aromatic heterocycles. The fourth-order valence-corrected chi connectivity index (χ4v) is 1.98. The molecule has 2 aromatic rings. The number of ether oxygens (including phenoxy) is 1. The lowest BCUT2D eigenvalue weighted by molar-refractivity contribution is -0.116. The molecule has 0 aliphatic rings. The second-order valence-corrected chi connectivity index (χ2v) is 5.28. The SMILES string of the molecule is CC(C)Oc1cccc(/C=C/C(=O)NCc2ccccc2)c1. The first-order chi connectivity index (χ1) is 10.6. The standard InChI is InChI=1S/C19H21NO2/c1-15(2)22-18-10-6-9-16(13-18)11-12-19(21)20-14-17-7-4-3-5-8-17/h3-13,15H,14H2,1-2H3,(H,20,21)/b12-11+. The van der Waals surface area contributed by atoms with Gasteiger partial charge < -0.3 is 10.1 Å². The molecule has 22 heavy (non-hydrogen) atoms. The summed E-state index contributed by atoms with van der Waals surface area (Å²) in [7, 11) is 0. The Morgan fingerprint density at radius 1 is 1.14 bits per heavy atom. The van der Waals surface area contributed by atoms with Gasteiger partial charge in [0.2, 0.25) is 5.91 Å². The van der Waals surface area contributed by atoms with Crippen LogP contribution in [0, 0.1) is 0 Å². The highest BCUT2D eigenvalue weighted by Crippen LogP contribution is 2.15. The first-order valence-electron chi connectivity index (χ1n) is 7.40. The molecule has 0 bridgehead atoms. The maximum atomic E-state index is 11.8. The topological polar surface area (TPSA) is 38.3 Å². The van der Waals surface area contributed by atoms with Crippen LogP contribution in [0.5, 0.6) is 5.75 Å². The molecule has 3 nitrogen and oxygen atoms in total. The molecule has 0 aliphatic carbocycles. The van der Waals surface area contributed by atoms with E-state index in [9.17, 15) is 4.79 Å². The molecule has 3 heteroatoms. The molecule has 1 N–H and O–H groups in total. The zero-order valence-electron chi connectivity index (χ0n) is 13.0. The third-order valence-electron chi connectivity index (χ3n) is 2.97. The number of hydrogen-bond donors (Lipinski definition) is 1. The molecule has 2 rings (SSSR count). The van der Waals surface area contributed by atoms with Gasteiger partial charge in [0, 0.05) is 12.6 Å². The highest BCUT2D eigenvalue weighted by molar-refractivity contribution is 5.91. The normalized spacial score (nSPS) is 10.9. The Kier molecular flexibility index (Phi) is 5.78. The number of carbonyl (C=O) groups excluding carboxylic acids is 1. The monoisotopic (exact) mass is 295 g/mol. The minimum absolute atomic E-state index is 0.112. The number of benzene rings is 2. The lowest BCUT2D eigenvalue weighted by Crippen LogP contribution is -2.20. The summed E-state index contributed by atoms with van der Waals surface area (Å²) >= 11 is 0. The Hall–Kier alpha value is -2.55. The van der Waals surface area contributed by atoms with E-state index in [1.165, 1.54) is 6.08 Å². The van der Waals surface area contributed by atoms with Crippen molar-refractivity contribution < 1.29 is 9.53 Å². The number of carbonyl (C=O) groups is 1. The number of amides is 1. The van der Waals surface area contributed by atoms with Crippen LogP contribution in [0.4, 0.5) is 0 Å². The third kappa shape index (κ3) is 5.44. The molecule has 0 saturated heterocycles. The Balaban J connectivity index is 1.89. The minimum atomic E-state index is -0.112. The van der Waals surface area contributed by atoms with E-state index in [2.05, 4.69) is 5.32 Å². The molecule has 0 radical (unpaired) electrons. The van der Waals surface area contributed by atoms with E-state index < -0.39 is 0 Å². The first kappa shape index (κ1) is 15.8. The molecule has 0 fully saturated rings. The lowest BCUT2D eigenvalue weighted by Gasteiger charge is -2.09. The van der Waals surface area contributed by atoms with Crippen molar-refractivity contribution in [2.24, 2.45) is 0 Å². The van der Waals surface area contributed by atoms with Crippen LogP contribution < -0.4 is 10.1 Å². The van der Waals surface area contributed by atoms with Crippen LogP contribution in [0.1, 0.15) is 25.0 Å². The number of hydrogen-bond acceptors (Lipinski definition) is 2. The molecule has 1 amide bonds. The van der Waals surface area contributed by atoms with Gasteiger partial charge in [0.25, 0.3) is 0 Å². The Labute approximate surface area is 131 Å². The molecule has 0 atom stereocenters. The van der Waals surface area contributed by atoms with Crippen molar-refractivity contribution in [2.75, 3.05) is 0 Å². The maximum Gasteiger partial charge on any atom is 0.244 e. The zero-order chi connectivity index (χ0) is 15.8. The van der Waals surface area contributed by atoms with E-state index in [1.54, 1.807) is 6.08 Å². The summed E-state index contributed by atoms with van der Waals surface area (Å²) in [6, 6.07) is 17.5. The Morgan fingerprint density at radius 2 is 1.91 bits per heavy atom. The summed E-state index contributed by atoms with van der Waals surface area (Å²) in [5, 5.41) is 2.86. The van der Waals surface area contributed by atoms with Crippen molar-refractivity contribution in [2.45, 2.75) is 26.5 Å². The first-order valence-corrected chi connectivity index (χ1v) is 7.40. The van der Waals surface area contributed by atoms with Crippen LogP contribution in [-0.4, -0.2) is 12.0 Å². The summed E-state index contributed by atoms with van der Waals surface area (Å²) in [4.78, 5) is 11.8. The molecular formula is C19H21NO2. The molecular weight excluding hydrogens is 274 g/mol. The second-order valence-electron chi connectivity index (χ2n) is 5.28. The van der Waals surface area contributed by atoms with Gasteiger partial charge in [-0.05, 0) is 43.2 Å². The molecule has 0 heterocycles. The number of rotatable bonds is 6. The molecule has 2 aromatic carbocycles. The van der Waals surface area contributed by atoms with E-state index in [0.29, 0.717) is 6.54 Å².